The molecule has 1 aromatic rings. The van der Waals surface area contributed by atoms with Crippen LogP contribution in [0.15, 0.2) is 24.3 Å². The molecule has 1 heterocycles. The molecule has 0 radical (unpaired) electrons. The van der Waals surface area contributed by atoms with E-state index in [9.17, 15) is 4.79 Å². The summed E-state index contributed by atoms with van der Waals surface area (Å²) in [4.78, 5) is 14.0. The standard InChI is InChI=1S/C14H20N2O3/c1-11-9-15-7-8-16(11)14(17)10-19-13-6-4-3-5-12(13)18-2/h3-6,11,15H,7-10H2,1-2H3. The third-order valence-corrected chi connectivity index (χ3v) is 3.24. The van der Waals surface area contributed by atoms with E-state index in [1.165, 1.54) is 0 Å². The van der Waals surface area contributed by atoms with E-state index in [4.69, 9.17) is 9.47 Å². The molecule has 1 aliphatic rings. The molecule has 0 saturated carbocycles. The topological polar surface area (TPSA) is 50.8 Å². The molecule has 1 aromatic carbocycles. The van der Waals surface area contributed by atoms with Crippen LogP contribution < -0.4 is 14.8 Å². The number of methoxy groups -OCH3 is 1. The molecule has 0 bridgehead atoms. The van der Waals surface area contributed by atoms with Gasteiger partial charge in [0.1, 0.15) is 0 Å². The molecule has 0 spiro atoms. The van der Waals surface area contributed by atoms with E-state index < -0.39 is 0 Å². The highest BCUT2D eigenvalue weighted by atomic mass is 16.5. The van der Waals surface area contributed by atoms with Gasteiger partial charge in [-0.2, -0.15) is 0 Å². The maximum Gasteiger partial charge on any atom is 0.260 e. The van der Waals surface area contributed by atoms with Gasteiger partial charge >= 0.3 is 0 Å². The van der Waals surface area contributed by atoms with E-state index in [2.05, 4.69) is 5.32 Å². The Morgan fingerprint density at radius 3 is 2.84 bits per heavy atom. The Morgan fingerprint density at radius 1 is 1.42 bits per heavy atom. The maximum absolute atomic E-state index is 12.1. The molecule has 1 atom stereocenters. The number of ether oxygens (including phenoxy) is 2. The van der Waals surface area contributed by atoms with Gasteiger partial charge in [-0.1, -0.05) is 12.1 Å². The Bertz CT molecular complexity index is 436. The van der Waals surface area contributed by atoms with Crippen molar-refractivity contribution in [3.63, 3.8) is 0 Å². The van der Waals surface area contributed by atoms with E-state index in [0.717, 1.165) is 19.6 Å². The fourth-order valence-corrected chi connectivity index (χ4v) is 2.17. The minimum absolute atomic E-state index is 0.0138. The molecule has 1 N–H and O–H groups in total. The molecule has 5 nitrogen and oxygen atoms in total. The Labute approximate surface area is 113 Å². The first-order valence-corrected chi connectivity index (χ1v) is 6.48. The average Bonchev–Trinajstić information content (AvgIpc) is 2.45. The first kappa shape index (κ1) is 13.7. The molecule has 1 aliphatic heterocycles. The van der Waals surface area contributed by atoms with Crippen LogP contribution >= 0.6 is 0 Å². The number of nitrogens with one attached hydrogen (secondary N) is 1. The molecular formula is C14H20N2O3. The number of amides is 1. The lowest BCUT2D eigenvalue weighted by molar-refractivity contribution is -0.136. The molecule has 1 unspecified atom stereocenters. The lowest BCUT2D eigenvalue weighted by Gasteiger charge is -2.33. The van der Waals surface area contributed by atoms with Crippen LogP contribution in [-0.2, 0) is 4.79 Å². The lowest BCUT2D eigenvalue weighted by atomic mass is 10.2. The van der Waals surface area contributed by atoms with Crippen molar-refractivity contribution in [3.8, 4) is 11.5 Å². The van der Waals surface area contributed by atoms with Crippen LogP contribution in [0.25, 0.3) is 0 Å². The number of piperazine rings is 1. The van der Waals surface area contributed by atoms with Gasteiger partial charge in [0.25, 0.3) is 5.91 Å². The van der Waals surface area contributed by atoms with Crippen LogP contribution in [0.1, 0.15) is 6.92 Å². The molecule has 0 aliphatic carbocycles. The van der Waals surface area contributed by atoms with Crippen LogP contribution in [0.2, 0.25) is 0 Å². The predicted molar refractivity (Wildman–Crippen MR) is 72.5 cm³/mol. The summed E-state index contributed by atoms with van der Waals surface area (Å²) < 4.78 is 10.7. The first-order valence-electron chi connectivity index (χ1n) is 6.48. The van der Waals surface area contributed by atoms with E-state index in [1.54, 1.807) is 13.2 Å². The first-order chi connectivity index (χ1) is 9.22. The van der Waals surface area contributed by atoms with Crippen LogP contribution in [-0.4, -0.2) is 50.2 Å². The van der Waals surface area contributed by atoms with Crippen molar-refractivity contribution in [3.05, 3.63) is 24.3 Å². The van der Waals surface area contributed by atoms with Gasteiger partial charge in [0.05, 0.1) is 7.11 Å². The summed E-state index contributed by atoms with van der Waals surface area (Å²) in [5, 5.41) is 3.26. The van der Waals surface area contributed by atoms with Crippen molar-refractivity contribution >= 4 is 5.91 Å². The number of benzene rings is 1. The van der Waals surface area contributed by atoms with Crippen LogP contribution in [0, 0.1) is 0 Å². The highest BCUT2D eigenvalue weighted by molar-refractivity contribution is 5.78. The summed E-state index contributed by atoms with van der Waals surface area (Å²) >= 11 is 0. The van der Waals surface area contributed by atoms with Crippen molar-refractivity contribution in [2.75, 3.05) is 33.4 Å². The molecule has 5 heteroatoms. The monoisotopic (exact) mass is 264 g/mol. The summed E-state index contributed by atoms with van der Waals surface area (Å²) in [6.45, 7) is 4.48. The Morgan fingerprint density at radius 2 is 2.16 bits per heavy atom. The summed E-state index contributed by atoms with van der Waals surface area (Å²) in [7, 11) is 1.59. The van der Waals surface area contributed by atoms with Gasteiger partial charge in [-0.3, -0.25) is 4.79 Å². The smallest absolute Gasteiger partial charge is 0.260 e. The normalized spacial score (nSPS) is 19.1. The SMILES string of the molecule is COc1ccccc1OCC(=O)N1CCNCC1C. The third-order valence-electron chi connectivity index (χ3n) is 3.24. The van der Waals surface area contributed by atoms with Gasteiger partial charge in [-0.15, -0.1) is 0 Å². The summed E-state index contributed by atoms with van der Waals surface area (Å²) in [6.07, 6.45) is 0. The number of carbonyl (C=O) groups is 1. The second-order valence-electron chi connectivity index (χ2n) is 4.58. The average molecular weight is 264 g/mol. The molecule has 104 valence electrons. The molecule has 1 fully saturated rings. The van der Waals surface area contributed by atoms with Gasteiger partial charge < -0.3 is 19.7 Å². The summed E-state index contributed by atoms with van der Waals surface area (Å²) in [6, 6.07) is 7.55. The van der Waals surface area contributed by atoms with E-state index in [-0.39, 0.29) is 18.6 Å². The van der Waals surface area contributed by atoms with Crippen LogP contribution in [0.4, 0.5) is 0 Å². The van der Waals surface area contributed by atoms with Gasteiger partial charge in [0.2, 0.25) is 0 Å². The number of hydrogen-bond acceptors (Lipinski definition) is 4. The van der Waals surface area contributed by atoms with Crippen molar-refractivity contribution in [1.82, 2.24) is 10.2 Å². The number of hydrogen-bond donors (Lipinski definition) is 1. The van der Waals surface area contributed by atoms with Crippen LogP contribution in [0.5, 0.6) is 11.5 Å². The number of nitrogens with zero attached hydrogens (tertiary/aromatic N) is 1. The predicted octanol–water partition coefficient (Wildman–Crippen LogP) is 0.894. The largest absolute Gasteiger partial charge is 0.493 e. The fraction of sp³-hybridized carbons (Fsp3) is 0.500. The minimum Gasteiger partial charge on any atom is -0.493 e. The van der Waals surface area contributed by atoms with E-state index >= 15 is 0 Å². The maximum atomic E-state index is 12.1. The zero-order valence-corrected chi connectivity index (χ0v) is 11.4. The Balaban J connectivity index is 1.92. The van der Waals surface area contributed by atoms with Crippen molar-refractivity contribution in [1.29, 1.82) is 0 Å². The fourth-order valence-electron chi connectivity index (χ4n) is 2.17. The highest BCUT2D eigenvalue weighted by Gasteiger charge is 2.23. The number of rotatable bonds is 4. The second-order valence-corrected chi connectivity index (χ2v) is 4.58. The molecule has 1 saturated heterocycles. The zero-order valence-electron chi connectivity index (χ0n) is 11.4. The Hall–Kier alpha value is -1.75. The molecule has 1 amide bonds. The minimum atomic E-state index is 0.0138. The quantitative estimate of drug-likeness (QED) is 0.877. The van der Waals surface area contributed by atoms with Gasteiger partial charge in [0.15, 0.2) is 18.1 Å². The molecule has 19 heavy (non-hydrogen) atoms. The highest BCUT2D eigenvalue weighted by Crippen LogP contribution is 2.25. The van der Waals surface area contributed by atoms with E-state index in [1.807, 2.05) is 30.0 Å². The van der Waals surface area contributed by atoms with Gasteiger partial charge in [0, 0.05) is 25.7 Å². The lowest BCUT2D eigenvalue weighted by Crippen LogP contribution is -2.53. The van der Waals surface area contributed by atoms with Crippen LogP contribution in [0.3, 0.4) is 0 Å². The van der Waals surface area contributed by atoms with E-state index in [0.29, 0.717) is 11.5 Å². The number of para-hydroxylation sites is 2. The van der Waals surface area contributed by atoms with Gasteiger partial charge in [-0.25, -0.2) is 0 Å². The molecule has 0 aromatic heterocycles. The Kier molecular flexibility index (Phi) is 4.63. The number of carbonyl (C=O) groups excluding carboxylic acids is 1. The van der Waals surface area contributed by atoms with Crippen molar-refractivity contribution in [2.24, 2.45) is 0 Å². The van der Waals surface area contributed by atoms with Gasteiger partial charge in [-0.05, 0) is 19.1 Å². The van der Waals surface area contributed by atoms with Crippen molar-refractivity contribution in [2.45, 2.75) is 13.0 Å². The zero-order chi connectivity index (χ0) is 13.7. The summed E-state index contributed by atoms with van der Waals surface area (Å²) in [5.41, 5.74) is 0. The third kappa shape index (κ3) is 3.38. The second kappa shape index (κ2) is 6.43. The molecular weight excluding hydrogens is 244 g/mol. The summed E-state index contributed by atoms with van der Waals surface area (Å²) in [5.74, 6) is 1.25. The molecule has 2 rings (SSSR count). The van der Waals surface area contributed by atoms with Crippen molar-refractivity contribution < 1.29 is 14.3 Å².